The van der Waals surface area contributed by atoms with Gasteiger partial charge in [-0.1, -0.05) is 60.7 Å². The van der Waals surface area contributed by atoms with Crippen molar-refractivity contribution >= 4 is 15.4 Å². The third-order valence-electron chi connectivity index (χ3n) is 4.20. The molecule has 0 aromatic heterocycles. The summed E-state index contributed by atoms with van der Waals surface area (Å²) in [5.74, 6) is 4.19. The van der Waals surface area contributed by atoms with Crippen LogP contribution in [0.4, 0.5) is 0 Å². The van der Waals surface area contributed by atoms with Crippen LogP contribution in [-0.2, 0) is 0 Å². The van der Waals surface area contributed by atoms with E-state index in [0.29, 0.717) is 23.0 Å². The summed E-state index contributed by atoms with van der Waals surface area (Å²) >= 11 is 0. The monoisotopic (exact) mass is 384 g/mol. The van der Waals surface area contributed by atoms with Gasteiger partial charge in [0.15, 0.2) is 23.0 Å². The van der Waals surface area contributed by atoms with Crippen molar-refractivity contribution < 1.29 is 14.2 Å². The van der Waals surface area contributed by atoms with Gasteiger partial charge in [0.2, 0.25) is 0 Å². The van der Waals surface area contributed by atoms with E-state index in [1.54, 1.807) is 0 Å². The molecule has 0 amide bonds. The van der Waals surface area contributed by atoms with Crippen molar-refractivity contribution in [2.75, 3.05) is 0 Å². The van der Waals surface area contributed by atoms with Gasteiger partial charge < -0.3 is 14.2 Å². The molecule has 0 saturated heterocycles. The van der Waals surface area contributed by atoms with Crippen molar-refractivity contribution in [2.24, 2.45) is 0 Å². The maximum absolute atomic E-state index is 6.19. The summed E-state index contributed by atoms with van der Waals surface area (Å²) < 4.78 is 18.3. The van der Waals surface area contributed by atoms with Crippen LogP contribution >= 0.6 is 0 Å². The fourth-order valence-electron chi connectivity index (χ4n) is 2.76. The molecule has 4 aromatic carbocycles. The maximum atomic E-state index is 6.19. The zero-order valence-electron chi connectivity index (χ0n) is 15.5. The largest absolute Gasteiger partial charge is 0.454 e. The van der Waals surface area contributed by atoms with Gasteiger partial charge in [-0.15, -0.1) is 0 Å². The van der Waals surface area contributed by atoms with E-state index in [1.165, 1.54) is 5.19 Å². The number of rotatable bonds is 6. The first-order valence-corrected chi connectivity index (χ1v) is 10.1. The molecule has 0 bridgehead atoms. The van der Waals surface area contributed by atoms with Gasteiger partial charge in [0.25, 0.3) is 0 Å². The van der Waals surface area contributed by atoms with Gasteiger partial charge in [-0.3, -0.25) is 0 Å². The van der Waals surface area contributed by atoms with Gasteiger partial charge in [0, 0.05) is 10.2 Å². The molecule has 0 N–H and O–H groups in total. The molecule has 0 aliphatic rings. The van der Waals surface area contributed by atoms with Gasteiger partial charge in [-0.05, 0) is 47.7 Å². The van der Waals surface area contributed by atoms with Gasteiger partial charge in [-0.2, -0.15) is 0 Å². The highest BCUT2D eigenvalue weighted by Gasteiger charge is 2.12. The predicted molar refractivity (Wildman–Crippen MR) is 116 cm³/mol. The lowest BCUT2D eigenvalue weighted by atomic mass is 10.3. The molecular formula is C24H20O3Si. The summed E-state index contributed by atoms with van der Waals surface area (Å²) in [6, 6.07) is 33.0. The topological polar surface area (TPSA) is 27.7 Å². The Morgan fingerprint density at radius 3 is 1.32 bits per heavy atom. The van der Waals surface area contributed by atoms with Gasteiger partial charge >= 0.3 is 0 Å². The SMILES string of the molecule is [SiH3]c1ccccc1Oc1ccccc1Oc1ccccc1Oc1ccccc1. The van der Waals surface area contributed by atoms with Gasteiger partial charge in [0.1, 0.15) is 11.5 Å². The van der Waals surface area contributed by atoms with E-state index >= 15 is 0 Å². The minimum atomic E-state index is 0.626. The van der Waals surface area contributed by atoms with Crippen molar-refractivity contribution in [3.8, 4) is 34.5 Å². The summed E-state index contributed by atoms with van der Waals surface area (Å²) in [5.41, 5.74) is 0. The number of para-hydroxylation sites is 6. The lowest BCUT2D eigenvalue weighted by Crippen LogP contribution is -2.05. The highest BCUT2D eigenvalue weighted by molar-refractivity contribution is 6.34. The first kappa shape index (κ1) is 17.9. The molecule has 0 unspecified atom stereocenters. The van der Waals surface area contributed by atoms with Crippen LogP contribution in [0.25, 0.3) is 0 Å². The van der Waals surface area contributed by atoms with Crippen LogP contribution in [0.2, 0.25) is 0 Å². The summed E-state index contributed by atoms with van der Waals surface area (Å²) in [7, 11) is 0.910. The van der Waals surface area contributed by atoms with E-state index in [2.05, 4.69) is 6.07 Å². The van der Waals surface area contributed by atoms with E-state index in [-0.39, 0.29) is 0 Å². The highest BCUT2D eigenvalue weighted by Crippen LogP contribution is 2.39. The van der Waals surface area contributed by atoms with E-state index < -0.39 is 0 Å². The summed E-state index contributed by atoms with van der Waals surface area (Å²) in [5, 5.41) is 1.20. The van der Waals surface area contributed by atoms with Crippen molar-refractivity contribution in [3.63, 3.8) is 0 Å². The normalized spacial score (nSPS) is 10.4. The Hall–Kier alpha value is -3.50. The minimum Gasteiger partial charge on any atom is -0.454 e. The van der Waals surface area contributed by atoms with Gasteiger partial charge in [-0.25, -0.2) is 0 Å². The summed E-state index contributed by atoms with van der Waals surface area (Å²) in [4.78, 5) is 0. The maximum Gasteiger partial charge on any atom is 0.170 e. The molecule has 0 heterocycles. The van der Waals surface area contributed by atoms with Crippen LogP contribution < -0.4 is 19.4 Å². The Balaban J connectivity index is 1.61. The van der Waals surface area contributed by atoms with Crippen LogP contribution in [0.5, 0.6) is 34.5 Å². The molecule has 28 heavy (non-hydrogen) atoms. The number of hydrogen-bond acceptors (Lipinski definition) is 3. The van der Waals surface area contributed by atoms with Crippen LogP contribution in [0.3, 0.4) is 0 Å². The molecule has 0 atom stereocenters. The second-order valence-corrected chi connectivity index (χ2v) is 7.36. The van der Waals surface area contributed by atoms with E-state index in [1.807, 2.05) is 97.1 Å². The molecule has 0 radical (unpaired) electrons. The van der Waals surface area contributed by atoms with Crippen LogP contribution in [0.1, 0.15) is 0 Å². The number of hydrogen-bond donors (Lipinski definition) is 0. The molecule has 0 aliphatic heterocycles. The van der Waals surface area contributed by atoms with Crippen LogP contribution in [0, 0.1) is 0 Å². The molecule has 4 heteroatoms. The smallest absolute Gasteiger partial charge is 0.170 e. The van der Waals surface area contributed by atoms with Crippen molar-refractivity contribution in [2.45, 2.75) is 0 Å². The fourth-order valence-corrected chi connectivity index (χ4v) is 3.22. The quantitative estimate of drug-likeness (QED) is 0.435. The van der Waals surface area contributed by atoms with Gasteiger partial charge in [0.05, 0.1) is 0 Å². The Morgan fingerprint density at radius 1 is 0.393 bits per heavy atom. The average molecular weight is 385 g/mol. The average Bonchev–Trinajstić information content (AvgIpc) is 2.73. The van der Waals surface area contributed by atoms with Crippen molar-refractivity contribution in [3.05, 3.63) is 103 Å². The minimum absolute atomic E-state index is 0.626. The first-order chi connectivity index (χ1) is 13.8. The summed E-state index contributed by atoms with van der Waals surface area (Å²) in [6.45, 7) is 0. The van der Waals surface area contributed by atoms with E-state index in [9.17, 15) is 0 Å². The Labute approximate surface area is 167 Å². The fraction of sp³-hybridized carbons (Fsp3) is 0. The third kappa shape index (κ3) is 4.24. The Morgan fingerprint density at radius 2 is 0.786 bits per heavy atom. The molecule has 4 rings (SSSR count). The molecule has 0 saturated carbocycles. The standard InChI is InChI=1S/C24H20O3Si/c28-24-17-9-8-16-23(24)27-22-15-7-6-14-21(22)26-20-13-5-4-12-19(20)25-18-10-2-1-3-11-18/h1-17H,28H3. The third-order valence-corrected chi connectivity index (χ3v) is 5.03. The predicted octanol–water partition coefficient (Wildman–Crippen LogP) is 5.05. The highest BCUT2D eigenvalue weighted by atomic mass is 28.1. The molecule has 0 fully saturated rings. The molecule has 0 spiro atoms. The zero-order valence-corrected chi connectivity index (χ0v) is 17.5. The van der Waals surface area contributed by atoms with Crippen molar-refractivity contribution in [1.29, 1.82) is 0 Å². The van der Waals surface area contributed by atoms with E-state index in [0.717, 1.165) is 21.7 Å². The second-order valence-electron chi connectivity index (χ2n) is 6.28. The molecule has 4 aromatic rings. The molecular weight excluding hydrogens is 364 g/mol. The van der Waals surface area contributed by atoms with Crippen molar-refractivity contribution in [1.82, 2.24) is 0 Å². The summed E-state index contributed by atoms with van der Waals surface area (Å²) in [6.07, 6.45) is 0. The Kier molecular flexibility index (Phi) is 5.40. The number of benzene rings is 4. The molecule has 3 nitrogen and oxygen atoms in total. The van der Waals surface area contributed by atoms with Crippen LogP contribution in [-0.4, -0.2) is 10.2 Å². The van der Waals surface area contributed by atoms with E-state index in [4.69, 9.17) is 14.2 Å². The lowest BCUT2D eigenvalue weighted by Gasteiger charge is -2.15. The molecule has 0 aliphatic carbocycles. The zero-order chi connectivity index (χ0) is 19.2. The second kappa shape index (κ2) is 8.46. The number of ether oxygens (including phenoxy) is 3. The lowest BCUT2D eigenvalue weighted by molar-refractivity contribution is 0.395. The first-order valence-electron chi connectivity index (χ1n) is 9.12. The molecule has 138 valence electrons. The Bertz CT molecular complexity index is 1060. The van der Waals surface area contributed by atoms with Crippen LogP contribution in [0.15, 0.2) is 103 Å².